The minimum atomic E-state index is -0.194. The minimum absolute atomic E-state index is 0.192. The molecule has 5 heterocycles. The van der Waals surface area contributed by atoms with Gasteiger partial charge in [0.25, 0.3) is 0 Å². The van der Waals surface area contributed by atoms with E-state index >= 15 is 0 Å². The standard InChI is InChI=1S/2C13H11F.5C12H11N/c1-10-2-4-11(5-3-10)12-6-8-13(14)9-7-12;1-10-5-7-11(8-6-10)12-3-2-4-13(14)9-12;2*1-10-4-6-11(7-5-10)12-3-2-8-13-9-12;1-10-5-2-3-7-12(10)11-6-4-8-13-9-11;1-10-6-5-9-12(13-10)11-7-3-2-4-8-11;1-10-4-2-3-5-12(10)11-6-8-13-9-7-11/h2*2-9H,1H3;5*2-9H,1H3. The van der Waals surface area contributed by atoms with Crippen molar-refractivity contribution in [3.05, 3.63) is 391 Å². The second-order valence-corrected chi connectivity index (χ2v) is 22.1. The van der Waals surface area contributed by atoms with E-state index in [4.69, 9.17) is 0 Å². The maximum atomic E-state index is 12.9. The van der Waals surface area contributed by atoms with Gasteiger partial charge in [-0.05, 0) is 188 Å². The molecule has 14 aromatic rings. The van der Waals surface area contributed by atoms with Crippen LogP contribution in [0.5, 0.6) is 0 Å². The number of aromatic nitrogens is 5. The van der Waals surface area contributed by atoms with Crippen LogP contribution in [0.25, 0.3) is 78.0 Å². The summed E-state index contributed by atoms with van der Waals surface area (Å²) in [5, 5.41) is 0. The summed E-state index contributed by atoms with van der Waals surface area (Å²) in [6.45, 7) is 14.5. The summed E-state index contributed by atoms with van der Waals surface area (Å²) < 4.78 is 25.6. The molecule has 0 aliphatic rings. The highest BCUT2D eigenvalue weighted by atomic mass is 19.1. The van der Waals surface area contributed by atoms with Gasteiger partial charge in [0.05, 0.1) is 5.69 Å². The molecule has 0 saturated carbocycles. The third kappa shape index (κ3) is 22.5. The normalized spacial score (nSPS) is 9.99. The van der Waals surface area contributed by atoms with Gasteiger partial charge in [-0.25, -0.2) is 8.78 Å². The van der Waals surface area contributed by atoms with Crippen molar-refractivity contribution in [3.63, 3.8) is 0 Å². The number of nitrogens with zero attached hydrogens (tertiary/aromatic N) is 5. The molecule has 0 saturated heterocycles. The first-order valence-electron chi connectivity index (χ1n) is 30.9. The van der Waals surface area contributed by atoms with E-state index in [0.29, 0.717) is 0 Å². The first kappa shape index (κ1) is 67.5. The first-order chi connectivity index (χ1) is 45.3. The number of pyridine rings is 5. The number of hydrogen-bond donors (Lipinski definition) is 0. The fourth-order valence-corrected chi connectivity index (χ4v) is 9.52. The average Bonchev–Trinajstić information content (AvgIpc) is 3.60. The Bertz CT molecular complexity index is 4200. The SMILES string of the molecule is Cc1ccc(-c2ccc(F)cc2)cc1.Cc1ccc(-c2cccc(F)c2)cc1.Cc1ccc(-c2cccnc2)cc1.Cc1ccc(-c2cccnc2)cc1.Cc1cccc(-c2ccccc2)n1.Cc1ccccc1-c1cccnc1.Cc1ccccc1-c1ccncc1. The molecule has 5 aromatic heterocycles. The van der Waals surface area contributed by atoms with Crippen LogP contribution in [0.2, 0.25) is 0 Å². The Morgan fingerprint density at radius 2 is 0.591 bits per heavy atom. The summed E-state index contributed by atoms with van der Waals surface area (Å²) in [7, 11) is 0. The summed E-state index contributed by atoms with van der Waals surface area (Å²) in [5.41, 5.74) is 24.7. The summed E-state index contributed by atoms with van der Waals surface area (Å²) in [6.07, 6.45) is 14.7. The Kier molecular flexibility index (Phi) is 26.4. The molecular formula is C86H77F2N5. The van der Waals surface area contributed by atoms with E-state index in [2.05, 4.69) is 199 Å². The lowest BCUT2D eigenvalue weighted by Gasteiger charge is -2.03. The molecule has 0 aliphatic heterocycles. The van der Waals surface area contributed by atoms with Crippen molar-refractivity contribution in [3.8, 4) is 78.0 Å². The summed E-state index contributed by atoms with van der Waals surface area (Å²) in [4.78, 5) is 20.7. The maximum absolute atomic E-state index is 12.9. The number of halogens is 2. The van der Waals surface area contributed by atoms with Crippen molar-refractivity contribution in [2.45, 2.75) is 48.5 Å². The molecule has 0 N–H and O–H groups in total. The van der Waals surface area contributed by atoms with E-state index in [1.807, 2.05) is 154 Å². The highest BCUT2D eigenvalue weighted by Gasteiger charge is 2.03. The molecule has 0 amide bonds. The average molecular weight is 1220 g/mol. The molecule has 0 bridgehead atoms. The molecule has 14 rings (SSSR count). The lowest BCUT2D eigenvalue weighted by Crippen LogP contribution is -1.84. The Morgan fingerprint density at radius 1 is 0.226 bits per heavy atom. The van der Waals surface area contributed by atoms with Crippen molar-refractivity contribution in [2.75, 3.05) is 0 Å². The van der Waals surface area contributed by atoms with E-state index in [0.717, 1.165) is 33.6 Å². The topological polar surface area (TPSA) is 64.5 Å². The molecule has 7 heteroatoms. The smallest absolute Gasteiger partial charge is 0.123 e. The van der Waals surface area contributed by atoms with E-state index in [1.54, 1.807) is 42.9 Å². The van der Waals surface area contributed by atoms with Gasteiger partial charge >= 0.3 is 0 Å². The van der Waals surface area contributed by atoms with Crippen molar-refractivity contribution < 1.29 is 8.78 Å². The fraction of sp³-hybridized carbons (Fsp3) is 0.0814. The summed E-state index contributed by atoms with van der Waals surface area (Å²) in [5.74, 6) is -0.385. The lowest BCUT2D eigenvalue weighted by molar-refractivity contribution is 0.627. The molecule has 0 radical (unpaired) electrons. The third-order valence-electron chi connectivity index (χ3n) is 14.7. The Morgan fingerprint density at radius 3 is 1.01 bits per heavy atom. The molecule has 0 spiro atoms. The van der Waals surface area contributed by atoms with Crippen LogP contribution >= 0.6 is 0 Å². The van der Waals surface area contributed by atoms with Gasteiger partial charge in [-0.2, -0.15) is 0 Å². The van der Waals surface area contributed by atoms with Gasteiger partial charge in [0, 0.05) is 66.4 Å². The number of aryl methyl sites for hydroxylation is 7. The van der Waals surface area contributed by atoms with Crippen molar-refractivity contribution in [1.82, 2.24) is 24.9 Å². The van der Waals surface area contributed by atoms with Crippen LogP contribution in [0, 0.1) is 60.1 Å². The van der Waals surface area contributed by atoms with E-state index in [9.17, 15) is 8.78 Å². The van der Waals surface area contributed by atoms with Gasteiger partial charge in [-0.3, -0.25) is 24.9 Å². The fourth-order valence-electron chi connectivity index (χ4n) is 9.52. The van der Waals surface area contributed by atoms with Gasteiger partial charge in [-0.15, -0.1) is 0 Å². The molecule has 0 unspecified atom stereocenters. The zero-order valence-corrected chi connectivity index (χ0v) is 53.8. The summed E-state index contributed by atoms with van der Waals surface area (Å²) in [6, 6.07) is 95.5. The Labute approximate surface area is 548 Å². The molecule has 93 heavy (non-hydrogen) atoms. The predicted octanol–water partition coefficient (Wildman–Crippen LogP) is 22.9. The van der Waals surface area contributed by atoms with E-state index in [-0.39, 0.29) is 11.6 Å². The quantitative estimate of drug-likeness (QED) is 0.159. The molecular weight excluding hydrogens is 1140 g/mol. The van der Waals surface area contributed by atoms with Gasteiger partial charge in [0.15, 0.2) is 0 Å². The van der Waals surface area contributed by atoms with E-state index in [1.165, 1.54) is 102 Å². The second-order valence-electron chi connectivity index (χ2n) is 22.1. The van der Waals surface area contributed by atoms with Gasteiger partial charge in [0.1, 0.15) is 11.6 Å². The molecule has 0 atom stereocenters. The third-order valence-corrected chi connectivity index (χ3v) is 14.7. The van der Waals surface area contributed by atoms with Crippen LogP contribution in [-0.2, 0) is 0 Å². The number of hydrogen-bond acceptors (Lipinski definition) is 5. The van der Waals surface area contributed by atoms with Crippen LogP contribution in [0.15, 0.2) is 341 Å². The Hall–Kier alpha value is -11.4. The zero-order valence-electron chi connectivity index (χ0n) is 53.8. The molecule has 9 aromatic carbocycles. The minimum Gasteiger partial charge on any atom is -0.265 e. The second kappa shape index (κ2) is 36.3. The van der Waals surface area contributed by atoms with Gasteiger partial charge in [-0.1, -0.05) is 247 Å². The highest BCUT2D eigenvalue weighted by Crippen LogP contribution is 2.25. The van der Waals surface area contributed by atoms with Gasteiger partial charge in [0.2, 0.25) is 0 Å². The first-order valence-corrected chi connectivity index (χ1v) is 30.9. The Balaban J connectivity index is 0.000000139. The van der Waals surface area contributed by atoms with Crippen molar-refractivity contribution in [1.29, 1.82) is 0 Å². The number of rotatable bonds is 7. The van der Waals surface area contributed by atoms with Gasteiger partial charge < -0.3 is 0 Å². The number of benzene rings is 9. The van der Waals surface area contributed by atoms with E-state index < -0.39 is 0 Å². The largest absolute Gasteiger partial charge is 0.265 e. The van der Waals surface area contributed by atoms with Crippen molar-refractivity contribution >= 4 is 0 Å². The van der Waals surface area contributed by atoms with Crippen LogP contribution < -0.4 is 0 Å². The molecule has 0 fully saturated rings. The summed E-state index contributed by atoms with van der Waals surface area (Å²) >= 11 is 0. The lowest BCUT2D eigenvalue weighted by atomic mass is 10.0. The zero-order chi connectivity index (χ0) is 65.4. The maximum Gasteiger partial charge on any atom is 0.123 e. The van der Waals surface area contributed by atoms with Crippen LogP contribution in [-0.4, -0.2) is 24.9 Å². The molecule has 5 nitrogen and oxygen atoms in total. The van der Waals surface area contributed by atoms with Crippen LogP contribution in [0.4, 0.5) is 8.78 Å². The molecule has 460 valence electrons. The van der Waals surface area contributed by atoms with Crippen molar-refractivity contribution in [2.24, 2.45) is 0 Å². The van der Waals surface area contributed by atoms with Crippen LogP contribution in [0.3, 0.4) is 0 Å². The molecule has 0 aliphatic carbocycles. The highest BCUT2D eigenvalue weighted by molar-refractivity contribution is 5.69. The predicted molar refractivity (Wildman–Crippen MR) is 385 cm³/mol. The van der Waals surface area contributed by atoms with Crippen LogP contribution in [0.1, 0.15) is 39.1 Å². The monoisotopic (exact) mass is 1220 g/mol.